The third-order valence-corrected chi connectivity index (χ3v) is 7.19. The molecule has 162 valence electrons. The minimum atomic E-state index is -0.353. The van der Waals surface area contributed by atoms with E-state index in [0.29, 0.717) is 22.3 Å². The average Bonchev–Trinajstić information content (AvgIpc) is 3.31. The number of nitrogens with zero attached hydrogens (tertiary/aromatic N) is 3. The number of ether oxygens (including phenoxy) is 1. The van der Waals surface area contributed by atoms with Gasteiger partial charge in [0, 0.05) is 10.6 Å². The van der Waals surface area contributed by atoms with Gasteiger partial charge in [-0.25, -0.2) is 4.79 Å². The highest BCUT2D eigenvalue weighted by molar-refractivity contribution is 7.99. The second kappa shape index (κ2) is 10.1. The Kier molecular flexibility index (Phi) is 7.03. The van der Waals surface area contributed by atoms with E-state index in [1.54, 1.807) is 13.3 Å². The summed E-state index contributed by atoms with van der Waals surface area (Å²) in [6.45, 7) is 2.10. The maximum absolute atomic E-state index is 12.7. The molecule has 0 radical (unpaired) electrons. The van der Waals surface area contributed by atoms with E-state index < -0.39 is 0 Å². The molecule has 0 unspecified atom stereocenters. The van der Waals surface area contributed by atoms with Gasteiger partial charge in [-0.3, -0.25) is 9.36 Å². The van der Waals surface area contributed by atoms with Crippen molar-refractivity contribution in [1.82, 2.24) is 14.8 Å². The van der Waals surface area contributed by atoms with Gasteiger partial charge in [-0.1, -0.05) is 36.4 Å². The molecule has 0 bridgehead atoms. The molecule has 1 aliphatic rings. The van der Waals surface area contributed by atoms with Crippen LogP contribution < -0.4 is 5.32 Å². The monoisotopic (exact) mass is 456 g/mol. The molecular weight excluding hydrogens is 432 g/mol. The minimum Gasteiger partial charge on any atom is -0.462 e. The molecule has 3 aromatic rings. The van der Waals surface area contributed by atoms with Crippen LogP contribution in [0.15, 0.2) is 41.8 Å². The number of thiophene rings is 1. The Morgan fingerprint density at radius 1 is 1.19 bits per heavy atom. The lowest BCUT2D eigenvalue weighted by atomic mass is 10.1. The van der Waals surface area contributed by atoms with Gasteiger partial charge in [0.05, 0.1) is 17.9 Å². The smallest absolute Gasteiger partial charge is 0.341 e. The zero-order chi connectivity index (χ0) is 21.6. The van der Waals surface area contributed by atoms with Crippen LogP contribution in [0.1, 0.15) is 47.0 Å². The summed E-state index contributed by atoms with van der Waals surface area (Å²) < 4.78 is 7.13. The number of aromatic nitrogens is 3. The van der Waals surface area contributed by atoms with Crippen LogP contribution in [0.2, 0.25) is 0 Å². The molecule has 0 atom stereocenters. The first-order valence-corrected chi connectivity index (χ1v) is 12.2. The Labute approximate surface area is 189 Å². The van der Waals surface area contributed by atoms with Crippen molar-refractivity contribution in [3.63, 3.8) is 0 Å². The van der Waals surface area contributed by atoms with Gasteiger partial charge in [0.15, 0.2) is 5.16 Å². The number of esters is 1. The van der Waals surface area contributed by atoms with E-state index in [-0.39, 0.29) is 17.6 Å². The van der Waals surface area contributed by atoms with E-state index in [0.717, 1.165) is 43.4 Å². The summed E-state index contributed by atoms with van der Waals surface area (Å²) in [4.78, 5) is 26.6. The van der Waals surface area contributed by atoms with E-state index in [4.69, 9.17) is 4.74 Å². The Morgan fingerprint density at radius 2 is 2.00 bits per heavy atom. The van der Waals surface area contributed by atoms with Crippen molar-refractivity contribution in [3.8, 4) is 5.69 Å². The second-order valence-corrected chi connectivity index (χ2v) is 9.19. The van der Waals surface area contributed by atoms with Crippen LogP contribution in [0.5, 0.6) is 0 Å². The molecule has 1 amide bonds. The maximum Gasteiger partial charge on any atom is 0.341 e. The van der Waals surface area contributed by atoms with Crippen LogP contribution in [0, 0.1) is 0 Å². The molecule has 0 saturated carbocycles. The van der Waals surface area contributed by atoms with Gasteiger partial charge in [0.2, 0.25) is 5.91 Å². The molecule has 2 aromatic heterocycles. The number of benzene rings is 1. The van der Waals surface area contributed by atoms with Crippen molar-refractivity contribution in [1.29, 1.82) is 0 Å². The number of rotatable bonds is 7. The zero-order valence-electron chi connectivity index (χ0n) is 17.3. The van der Waals surface area contributed by atoms with Crippen molar-refractivity contribution >= 4 is 40.0 Å². The predicted molar refractivity (Wildman–Crippen MR) is 122 cm³/mol. The van der Waals surface area contributed by atoms with E-state index in [1.807, 2.05) is 34.9 Å². The first-order valence-electron chi connectivity index (χ1n) is 10.4. The molecule has 1 aliphatic carbocycles. The fourth-order valence-corrected chi connectivity index (χ4v) is 5.65. The van der Waals surface area contributed by atoms with Crippen molar-refractivity contribution in [2.75, 3.05) is 17.7 Å². The molecule has 0 fully saturated rings. The summed E-state index contributed by atoms with van der Waals surface area (Å²) in [5.74, 6) is -0.376. The quantitative estimate of drug-likeness (QED) is 0.320. The van der Waals surface area contributed by atoms with Crippen LogP contribution in [-0.4, -0.2) is 39.0 Å². The molecule has 1 aromatic carbocycles. The summed E-state index contributed by atoms with van der Waals surface area (Å²) >= 11 is 2.81. The van der Waals surface area contributed by atoms with Gasteiger partial charge >= 0.3 is 5.97 Å². The van der Waals surface area contributed by atoms with Crippen molar-refractivity contribution in [2.45, 2.75) is 44.2 Å². The van der Waals surface area contributed by atoms with E-state index in [9.17, 15) is 9.59 Å². The zero-order valence-corrected chi connectivity index (χ0v) is 18.9. The largest absolute Gasteiger partial charge is 0.462 e. The molecule has 2 heterocycles. The van der Waals surface area contributed by atoms with Gasteiger partial charge in [-0.2, -0.15) is 0 Å². The van der Waals surface area contributed by atoms with Gasteiger partial charge in [-0.05, 0) is 50.3 Å². The highest BCUT2D eigenvalue weighted by Gasteiger charge is 2.26. The number of para-hydroxylation sites is 1. The summed E-state index contributed by atoms with van der Waals surface area (Å²) in [6.07, 6.45) is 6.74. The molecular formula is C22H24N4O3S2. The van der Waals surface area contributed by atoms with Gasteiger partial charge in [-0.15, -0.1) is 21.5 Å². The van der Waals surface area contributed by atoms with Crippen LogP contribution in [0.4, 0.5) is 5.00 Å². The Hall–Kier alpha value is -2.65. The Balaban J connectivity index is 1.48. The average molecular weight is 457 g/mol. The summed E-state index contributed by atoms with van der Waals surface area (Å²) in [5.41, 5.74) is 2.52. The molecule has 1 N–H and O–H groups in total. The topological polar surface area (TPSA) is 86.1 Å². The number of carbonyl (C=O) groups is 2. The first kappa shape index (κ1) is 21.6. The van der Waals surface area contributed by atoms with E-state index >= 15 is 0 Å². The van der Waals surface area contributed by atoms with Gasteiger partial charge < -0.3 is 10.1 Å². The third-order valence-electron chi connectivity index (χ3n) is 5.04. The van der Waals surface area contributed by atoms with Crippen LogP contribution in [-0.2, 0) is 22.4 Å². The van der Waals surface area contributed by atoms with Crippen molar-refractivity contribution in [2.24, 2.45) is 0 Å². The van der Waals surface area contributed by atoms with Gasteiger partial charge in [0.1, 0.15) is 11.3 Å². The van der Waals surface area contributed by atoms with Gasteiger partial charge in [0.25, 0.3) is 0 Å². The summed E-state index contributed by atoms with van der Waals surface area (Å²) in [6, 6.07) is 9.73. The SMILES string of the molecule is CCOC(=O)c1c(NC(=O)CSc2nncn2-c2ccccc2)sc2c1CCCCC2. The van der Waals surface area contributed by atoms with E-state index in [1.165, 1.54) is 28.0 Å². The maximum atomic E-state index is 12.7. The molecule has 0 saturated heterocycles. The standard InChI is InChI=1S/C22H24N4O3S2/c1-2-29-21(28)19-16-11-7-4-8-12-17(16)31-20(19)24-18(27)13-30-22-25-23-14-26(22)15-9-5-3-6-10-15/h3,5-6,9-10,14H,2,4,7-8,11-13H2,1H3,(H,24,27). The Bertz CT molecular complexity index is 1060. The number of hydrogen-bond acceptors (Lipinski definition) is 7. The molecule has 9 heteroatoms. The second-order valence-electron chi connectivity index (χ2n) is 7.14. The van der Waals surface area contributed by atoms with Crippen LogP contribution in [0.25, 0.3) is 5.69 Å². The number of hydrogen-bond donors (Lipinski definition) is 1. The fraction of sp³-hybridized carbons (Fsp3) is 0.364. The predicted octanol–water partition coefficient (Wildman–Crippen LogP) is 4.51. The first-order chi connectivity index (χ1) is 15.2. The molecule has 4 rings (SSSR count). The highest BCUT2D eigenvalue weighted by atomic mass is 32.2. The number of fused-ring (bicyclic) bond motifs is 1. The number of thioether (sulfide) groups is 1. The fourth-order valence-electron chi connectivity index (χ4n) is 3.63. The lowest BCUT2D eigenvalue weighted by molar-refractivity contribution is -0.113. The lowest BCUT2D eigenvalue weighted by Gasteiger charge is -2.09. The highest BCUT2D eigenvalue weighted by Crippen LogP contribution is 2.38. The van der Waals surface area contributed by atoms with Crippen LogP contribution in [0.3, 0.4) is 0 Å². The Morgan fingerprint density at radius 3 is 2.81 bits per heavy atom. The third kappa shape index (κ3) is 4.99. The number of nitrogens with one attached hydrogen (secondary N) is 1. The number of anilines is 1. The lowest BCUT2D eigenvalue weighted by Crippen LogP contribution is -2.17. The van der Waals surface area contributed by atoms with Crippen molar-refractivity contribution < 1.29 is 14.3 Å². The molecule has 31 heavy (non-hydrogen) atoms. The minimum absolute atomic E-state index is 0.163. The molecule has 0 spiro atoms. The molecule has 7 nitrogen and oxygen atoms in total. The van der Waals surface area contributed by atoms with E-state index in [2.05, 4.69) is 15.5 Å². The summed E-state index contributed by atoms with van der Waals surface area (Å²) in [5, 5.41) is 12.3. The molecule has 0 aliphatic heterocycles. The summed E-state index contributed by atoms with van der Waals surface area (Å²) in [7, 11) is 0. The number of carbonyl (C=O) groups excluding carboxylic acids is 2. The van der Waals surface area contributed by atoms with Crippen LogP contribution >= 0.6 is 23.1 Å². The number of aryl methyl sites for hydroxylation is 1. The number of amides is 1. The normalized spacial score (nSPS) is 13.3. The van der Waals surface area contributed by atoms with Crippen molar-refractivity contribution in [3.05, 3.63) is 52.7 Å².